The van der Waals surface area contributed by atoms with Crippen LogP contribution in [-0.4, -0.2) is 12.5 Å². The van der Waals surface area contributed by atoms with Gasteiger partial charge < -0.3 is 4.90 Å². The zero-order valence-corrected chi connectivity index (χ0v) is 13.4. The lowest BCUT2D eigenvalue weighted by Crippen LogP contribution is -2.36. The molecule has 0 radical (unpaired) electrons. The van der Waals surface area contributed by atoms with Gasteiger partial charge in [-0.1, -0.05) is 35.9 Å². The van der Waals surface area contributed by atoms with Crippen LogP contribution in [0.5, 0.6) is 0 Å². The van der Waals surface area contributed by atoms with Gasteiger partial charge in [0.25, 0.3) is 0 Å². The smallest absolute Gasteiger partial charge is 0.230 e. The molecule has 2 aromatic rings. The fourth-order valence-corrected chi connectivity index (χ4v) is 3.84. The third kappa shape index (κ3) is 2.63. The van der Waals surface area contributed by atoms with Gasteiger partial charge in [-0.2, -0.15) is 0 Å². The summed E-state index contributed by atoms with van der Waals surface area (Å²) in [7, 11) is 0. The fraction of sp³-hybridized carbons (Fsp3) is 0.316. The topological polar surface area (TPSA) is 20.3 Å². The maximum Gasteiger partial charge on any atom is 0.230 e. The molecule has 118 valence electrons. The molecule has 2 nitrogen and oxygen atoms in total. The minimum Gasteiger partial charge on any atom is -0.312 e. The predicted octanol–water partition coefficient (Wildman–Crippen LogP) is 4.56. The highest BCUT2D eigenvalue weighted by molar-refractivity contribution is 6.31. The van der Waals surface area contributed by atoms with Crippen molar-refractivity contribution in [3.63, 3.8) is 0 Å². The number of hydrogen-bond acceptors (Lipinski definition) is 1. The Hall–Kier alpha value is -1.87. The van der Waals surface area contributed by atoms with Gasteiger partial charge in [-0.25, -0.2) is 4.39 Å². The zero-order valence-electron chi connectivity index (χ0n) is 12.6. The highest BCUT2D eigenvalue weighted by Gasteiger charge is 2.47. The molecule has 1 aliphatic heterocycles. The lowest BCUT2D eigenvalue weighted by atomic mass is 10.0. The summed E-state index contributed by atoms with van der Waals surface area (Å²) in [6, 6.07) is 12.5. The van der Waals surface area contributed by atoms with Crippen molar-refractivity contribution in [3.8, 4) is 0 Å². The molecule has 0 N–H and O–H groups in total. The largest absolute Gasteiger partial charge is 0.312 e. The molecule has 0 saturated heterocycles. The van der Waals surface area contributed by atoms with Crippen molar-refractivity contribution in [3.05, 3.63) is 64.4 Å². The third-order valence-corrected chi connectivity index (χ3v) is 5.19. The summed E-state index contributed by atoms with van der Waals surface area (Å²) in [4.78, 5) is 14.7. The van der Waals surface area contributed by atoms with Gasteiger partial charge >= 0.3 is 0 Å². The second kappa shape index (κ2) is 5.64. The first-order valence-electron chi connectivity index (χ1n) is 7.99. The second-order valence-corrected chi connectivity index (χ2v) is 6.74. The maximum atomic E-state index is 13.6. The number of fused-ring (bicyclic) bond motifs is 1. The van der Waals surface area contributed by atoms with E-state index >= 15 is 0 Å². The molecule has 1 aliphatic carbocycles. The van der Waals surface area contributed by atoms with Crippen LogP contribution in [0.15, 0.2) is 42.5 Å². The quantitative estimate of drug-likeness (QED) is 0.790. The molecule has 1 saturated carbocycles. The third-order valence-electron chi connectivity index (χ3n) is 4.84. The van der Waals surface area contributed by atoms with Crippen LogP contribution >= 0.6 is 11.6 Å². The summed E-state index contributed by atoms with van der Waals surface area (Å²) in [5.41, 5.74) is 2.84. The first kappa shape index (κ1) is 14.7. The van der Waals surface area contributed by atoms with Crippen LogP contribution in [0.25, 0.3) is 0 Å². The number of amides is 1. The normalized spacial score (nSPS) is 22.6. The van der Waals surface area contributed by atoms with Crippen molar-refractivity contribution in [2.24, 2.45) is 5.92 Å². The van der Waals surface area contributed by atoms with Gasteiger partial charge in [-0.05, 0) is 54.5 Å². The van der Waals surface area contributed by atoms with Gasteiger partial charge in [0, 0.05) is 23.2 Å². The predicted molar refractivity (Wildman–Crippen MR) is 89.4 cm³/mol. The van der Waals surface area contributed by atoms with E-state index in [0.717, 1.165) is 41.1 Å². The van der Waals surface area contributed by atoms with Crippen molar-refractivity contribution >= 4 is 23.2 Å². The number of carbonyl (C=O) groups is 1. The molecule has 1 heterocycles. The summed E-state index contributed by atoms with van der Waals surface area (Å²) in [6.45, 7) is 0.668. The van der Waals surface area contributed by atoms with E-state index in [1.165, 1.54) is 12.1 Å². The van der Waals surface area contributed by atoms with Gasteiger partial charge in [-0.3, -0.25) is 4.79 Å². The fourth-order valence-electron chi connectivity index (χ4n) is 3.56. The molecule has 0 spiro atoms. The van der Waals surface area contributed by atoms with E-state index in [2.05, 4.69) is 0 Å². The molecule has 2 unspecified atom stereocenters. The number of benzene rings is 2. The molecule has 4 heteroatoms. The van der Waals surface area contributed by atoms with Crippen molar-refractivity contribution < 1.29 is 9.18 Å². The molecule has 2 aromatic carbocycles. The van der Waals surface area contributed by atoms with Crippen molar-refractivity contribution in [2.45, 2.75) is 25.2 Å². The molecule has 0 bridgehead atoms. The molecular formula is C19H17ClFNO. The number of anilines is 1. The van der Waals surface area contributed by atoms with Gasteiger partial charge in [0.2, 0.25) is 5.91 Å². The van der Waals surface area contributed by atoms with Gasteiger partial charge in [0.15, 0.2) is 0 Å². The summed E-state index contributed by atoms with van der Waals surface area (Å²) in [6.07, 6.45) is 2.65. The summed E-state index contributed by atoms with van der Waals surface area (Å²) < 4.78 is 13.6. The Bertz CT molecular complexity index is 776. The lowest BCUT2D eigenvalue weighted by molar-refractivity contribution is -0.120. The van der Waals surface area contributed by atoms with Crippen LogP contribution < -0.4 is 4.90 Å². The average molecular weight is 330 g/mol. The molecule has 0 aromatic heterocycles. The maximum absolute atomic E-state index is 13.6. The molecular weight excluding hydrogens is 313 g/mol. The van der Waals surface area contributed by atoms with E-state index < -0.39 is 0 Å². The highest BCUT2D eigenvalue weighted by Crippen LogP contribution is 2.51. The number of halogens is 2. The zero-order chi connectivity index (χ0) is 16.0. The van der Waals surface area contributed by atoms with E-state index in [-0.39, 0.29) is 23.6 Å². The average Bonchev–Trinajstić information content (AvgIpc) is 3.34. The Kier molecular flexibility index (Phi) is 3.61. The number of hydrogen-bond donors (Lipinski definition) is 0. The molecule has 1 amide bonds. The first-order valence-corrected chi connectivity index (χ1v) is 8.37. The van der Waals surface area contributed by atoms with Crippen molar-refractivity contribution in [1.82, 2.24) is 0 Å². The van der Waals surface area contributed by atoms with Crippen LogP contribution in [0.3, 0.4) is 0 Å². The van der Waals surface area contributed by atoms with E-state index in [9.17, 15) is 9.18 Å². The van der Waals surface area contributed by atoms with Crippen LogP contribution in [0.2, 0.25) is 5.02 Å². The number of nitrogens with zero attached hydrogens (tertiary/aromatic N) is 1. The van der Waals surface area contributed by atoms with Crippen LogP contribution in [0.4, 0.5) is 10.1 Å². The number of carbonyl (C=O) groups excluding carboxylic acids is 1. The van der Waals surface area contributed by atoms with E-state index in [4.69, 9.17) is 11.6 Å². The van der Waals surface area contributed by atoms with Crippen LogP contribution in [0, 0.1) is 11.7 Å². The SMILES string of the molecule is O=C(C1CC1c1ccccc1Cl)N1CCCc2ccc(F)cc21. The standard InChI is InChI=1S/C19H17ClFNO/c20-17-6-2-1-5-14(17)15-11-16(15)19(23)22-9-3-4-12-7-8-13(21)10-18(12)22/h1-2,5-8,10,15-16H,3-4,9,11H2. The second-order valence-electron chi connectivity index (χ2n) is 6.34. The Morgan fingerprint density at radius 1 is 1.22 bits per heavy atom. The lowest BCUT2D eigenvalue weighted by Gasteiger charge is -2.29. The minimum absolute atomic E-state index is 0.0379. The highest BCUT2D eigenvalue weighted by atomic mass is 35.5. The molecule has 4 rings (SSSR count). The monoisotopic (exact) mass is 329 g/mol. The van der Waals surface area contributed by atoms with Crippen molar-refractivity contribution in [1.29, 1.82) is 0 Å². The van der Waals surface area contributed by atoms with Gasteiger partial charge in [0.05, 0.1) is 0 Å². The number of aryl methyl sites for hydroxylation is 1. The summed E-state index contributed by atoms with van der Waals surface area (Å²) >= 11 is 6.24. The van der Waals surface area contributed by atoms with Gasteiger partial charge in [-0.15, -0.1) is 0 Å². The molecule has 2 aliphatic rings. The minimum atomic E-state index is -0.290. The van der Waals surface area contributed by atoms with Crippen molar-refractivity contribution in [2.75, 3.05) is 11.4 Å². The Morgan fingerprint density at radius 3 is 2.87 bits per heavy atom. The van der Waals surface area contributed by atoms with Gasteiger partial charge in [0.1, 0.15) is 5.82 Å². The number of rotatable bonds is 2. The Labute approximate surface area is 139 Å². The Balaban J connectivity index is 1.58. The van der Waals surface area contributed by atoms with Crippen LogP contribution in [0.1, 0.15) is 29.9 Å². The molecule has 1 fully saturated rings. The van der Waals surface area contributed by atoms with Crippen LogP contribution in [-0.2, 0) is 11.2 Å². The first-order chi connectivity index (χ1) is 11.1. The van der Waals surface area contributed by atoms with E-state index in [1.807, 2.05) is 24.3 Å². The Morgan fingerprint density at radius 2 is 2.04 bits per heavy atom. The molecule has 2 atom stereocenters. The van der Waals surface area contributed by atoms with E-state index in [1.54, 1.807) is 11.0 Å². The summed E-state index contributed by atoms with van der Waals surface area (Å²) in [5.74, 6) is -0.0392. The van der Waals surface area contributed by atoms with E-state index in [0.29, 0.717) is 6.54 Å². The molecule has 23 heavy (non-hydrogen) atoms. The summed E-state index contributed by atoms with van der Waals surface area (Å²) in [5, 5.41) is 0.720.